The van der Waals surface area contributed by atoms with E-state index in [1.54, 1.807) is 0 Å². The van der Waals surface area contributed by atoms with Crippen LogP contribution in [0.2, 0.25) is 0 Å². The predicted octanol–water partition coefficient (Wildman–Crippen LogP) is 23.8. The van der Waals surface area contributed by atoms with E-state index in [-0.39, 0.29) is 25.7 Å². The molecule has 0 heterocycles. The van der Waals surface area contributed by atoms with E-state index in [1.165, 1.54) is 199 Å². The molecular weight excluding hydrogens is 1310 g/mol. The molecule has 0 radical (unpaired) electrons. The van der Waals surface area contributed by atoms with E-state index in [4.69, 9.17) is 37.0 Å². The van der Waals surface area contributed by atoms with Gasteiger partial charge in [-0.15, -0.1) is 0 Å². The normalized spacial score (nSPS) is 14.3. The van der Waals surface area contributed by atoms with Gasteiger partial charge < -0.3 is 33.8 Å². The highest BCUT2D eigenvalue weighted by Crippen LogP contribution is 2.45. The van der Waals surface area contributed by atoms with Gasteiger partial charge in [0.15, 0.2) is 12.2 Å². The lowest BCUT2D eigenvalue weighted by Gasteiger charge is -2.21. The third-order valence-corrected chi connectivity index (χ3v) is 20.6. The molecule has 0 aromatic carbocycles. The summed E-state index contributed by atoms with van der Waals surface area (Å²) in [4.78, 5) is 73.0. The molecule has 100 heavy (non-hydrogen) atoms. The summed E-state index contributed by atoms with van der Waals surface area (Å²) < 4.78 is 68.7. The highest BCUT2D eigenvalue weighted by atomic mass is 31.2. The molecule has 0 aliphatic carbocycles. The predicted molar refractivity (Wildman–Crippen MR) is 409 cm³/mol. The van der Waals surface area contributed by atoms with E-state index in [9.17, 15) is 43.2 Å². The van der Waals surface area contributed by atoms with Crippen LogP contribution in [0.5, 0.6) is 0 Å². The Bertz CT molecular complexity index is 2020. The summed E-state index contributed by atoms with van der Waals surface area (Å²) >= 11 is 0. The number of phosphoric acid groups is 2. The Morgan fingerprint density at radius 1 is 0.330 bits per heavy atom. The van der Waals surface area contributed by atoms with E-state index in [0.29, 0.717) is 25.7 Å². The molecule has 0 spiro atoms. The number of rotatable bonds is 78. The van der Waals surface area contributed by atoms with Crippen LogP contribution in [0.4, 0.5) is 0 Å². The average molecular weight is 1460 g/mol. The van der Waals surface area contributed by atoms with Crippen molar-refractivity contribution in [2.24, 2.45) is 11.8 Å². The number of hydrogen-bond acceptors (Lipinski definition) is 15. The maximum atomic E-state index is 13.1. The van der Waals surface area contributed by atoms with Crippen molar-refractivity contribution in [3.8, 4) is 0 Å². The Kier molecular flexibility index (Phi) is 70.3. The highest BCUT2D eigenvalue weighted by Gasteiger charge is 2.30. The first-order valence-corrected chi connectivity index (χ1v) is 44.3. The number of hydrogen-bond donors (Lipinski definition) is 3. The fourth-order valence-electron chi connectivity index (χ4n) is 12.0. The van der Waals surface area contributed by atoms with E-state index < -0.39 is 97.5 Å². The Morgan fingerprint density at radius 3 is 0.900 bits per heavy atom. The molecule has 0 rings (SSSR count). The molecule has 590 valence electrons. The molecule has 19 heteroatoms. The minimum Gasteiger partial charge on any atom is -0.462 e. The van der Waals surface area contributed by atoms with Crippen LogP contribution in [-0.4, -0.2) is 96.7 Å². The maximum Gasteiger partial charge on any atom is 0.472 e. The first-order valence-electron chi connectivity index (χ1n) is 41.3. The monoisotopic (exact) mass is 1460 g/mol. The second-order valence-electron chi connectivity index (χ2n) is 29.2. The third-order valence-electron chi connectivity index (χ3n) is 18.7. The number of unbranched alkanes of at least 4 members (excludes halogenated alkanes) is 44. The van der Waals surface area contributed by atoms with Crippen LogP contribution in [0.15, 0.2) is 24.3 Å². The zero-order valence-corrected chi connectivity index (χ0v) is 66.8. The molecule has 6 atom stereocenters. The molecule has 0 saturated carbocycles. The number of ether oxygens (including phenoxy) is 4. The SMILES string of the molecule is CCCCCC/C=C\C=C/CCCCCCCC(=O)OC[C@H](COP(=O)(O)OC[C@@H](O)COP(=O)(O)OC[C@@H](COC(=O)CCCCCCCCCCCCCC)OC(=O)CCCCCCCCCCC(C)CC)OC(=O)CCCCCCCCCCCCCCCCCCCCC(C)C. The van der Waals surface area contributed by atoms with E-state index in [1.807, 2.05) is 0 Å². The van der Waals surface area contributed by atoms with Gasteiger partial charge in [-0.2, -0.15) is 0 Å². The minimum atomic E-state index is -4.97. The molecule has 17 nitrogen and oxygen atoms in total. The second kappa shape index (κ2) is 72.1. The van der Waals surface area contributed by atoms with Gasteiger partial charge in [-0.25, -0.2) is 9.13 Å². The summed E-state index contributed by atoms with van der Waals surface area (Å²) in [6, 6.07) is 0. The summed E-state index contributed by atoms with van der Waals surface area (Å²) in [5.41, 5.74) is 0. The smallest absolute Gasteiger partial charge is 0.462 e. The van der Waals surface area contributed by atoms with E-state index >= 15 is 0 Å². The van der Waals surface area contributed by atoms with Crippen LogP contribution < -0.4 is 0 Å². The van der Waals surface area contributed by atoms with Crippen molar-refractivity contribution in [2.75, 3.05) is 39.6 Å². The number of aliphatic hydroxyl groups excluding tert-OH is 1. The third kappa shape index (κ3) is 72.5. The van der Waals surface area contributed by atoms with Gasteiger partial charge in [0.2, 0.25) is 0 Å². The first-order chi connectivity index (χ1) is 48.4. The molecule has 0 amide bonds. The lowest BCUT2D eigenvalue weighted by molar-refractivity contribution is -0.161. The second-order valence-corrected chi connectivity index (χ2v) is 32.1. The largest absolute Gasteiger partial charge is 0.472 e. The summed E-state index contributed by atoms with van der Waals surface area (Å²) in [6.45, 7) is 9.59. The topological polar surface area (TPSA) is 237 Å². The van der Waals surface area contributed by atoms with E-state index in [0.717, 1.165) is 121 Å². The molecule has 0 aliphatic heterocycles. The molecule has 0 aliphatic rings. The Balaban J connectivity index is 5.26. The van der Waals surface area contributed by atoms with Gasteiger partial charge in [-0.3, -0.25) is 37.3 Å². The van der Waals surface area contributed by atoms with Gasteiger partial charge >= 0.3 is 39.5 Å². The van der Waals surface area contributed by atoms with Gasteiger partial charge in [0.25, 0.3) is 0 Å². The highest BCUT2D eigenvalue weighted by molar-refractivity contribution is 7.47. The zero-order chi connectivity index (χ0) is 73.5. The number of carbonyl (C=O) groups excluding carboxylic acids is 4. The van der Waals surface area contributed by atoms with Crippen molar-refractivity contribution in [3.05, 3.63) is 24.3 Å². The van der Waals surface area contributed by atoms with Crippen molar-refractivity contribution < 1.29 is 80.2 Å². The molecular formula is C81H154O17P2. The standard InChI is InChI=1S/C81H154O17P2/c1-7-10-12-14-16-18-20-22-27-31-35-39-46-52-58-64-79(84)91-69-76(97-80(85)65-59-53-47-40-36-32-29-26-24-23-25-28-30-33-37-43-49-55-61-73(4)5)71-95-99(87,88)93-67-75(82)68-94-100(89,90)96-72-77(98-81(86)66-60-54-48-42-41-44-50-56-62-74(6)9-3)70-92-78(83)63-57-51-45-38-34-21-19-17-15-13-11-8-2/h18,20,22,27,73-77,82H,7-17,19,21,23-26,28-72H2,1-6H3,(H,87,88)(H,89,90)/b20-18-,27-22-/t74?,75-,76-,77-/m1/s1. The van der Waals surface area contributed by atoms with Gasteiger partial charge in [-0.1, -0.05) is 348 Å². The molecule has 0 aromatic rings. The van der Waals surface area contributed by atoms with Crippen LogP contribution in [-0.2, 0) is 65.4 Å². The number of allylic oxidation sites excluding steroid dienone is 4. The van der Waals surface area contributed by atoms with Gasteiger partial charge in [0.1, 0.15) is 19.3 Å². The summed E-state index contributed by atoms with van der Waals surface area (Å²) in [5, 5.41) is 10.6. The maximum absolute atomic E-state index is 13.1. The van der Waals surface area contributed by atoms with Crippen molar-refractivity contribution in [1.82, 2.24) is 0 Å². The van der Waals surface area contributed by atoms with Gasteiger partial charge in [0, 0.05) is 25.7 Å². The molecule has 3 N–H and O–H groups in total. The number of aliphatic hydroxyl groups is 1. The van der Waals surface area contributed by atoms with E-state index in [2.05, 4.69) is 65.8 Å². The number of phosphoric ester groups is 2. The summed E-state index contributed by atoms with van der Waals surface area (Å²) in [7, 11) is -9.93. The van der Waals surface area contributed by atoms with Crippen molar-refractivity contribution in [1.29, 1.82) is 0 Å². The lowest BCUT2D eigenvalue weighted by Crippen LogP contribution is -2.30. The van der Waals surface area contributed by atoms with Crippen LogP contribution in [0.25, 0.3) is 0 Å². The lowest BCUT2D eigenvalue weighted by atomic mass is 9.99. The van der Waals surface area contributed by atoms with Crippen LogP contribution in [0, 0.1) is 11.8 Å². The van der Waals surface area contributed by atoms with Crippen molar-refractivity contribution in [3.63, 3.8) is 0 Å². The molecule has 0 saturated heterocycles. The number of carbonyl (C=O) groups is 4. The average Bonchev–Trinajstić information content (AvgIpc) is 0.943. The Morgan fingerprint density at radius 2 is 0.590 bits per heavy atom. The number of esters is 4. The first kappa shape index (κ1) is 97.5. The zero-order valence-electron chi connectivity index (χ0n) is 65.0. The fourth-order valence-corrected chi connectivity index (χ4v) is 13.5. The van der Waals surface area contributed by atoms with Crippen molar-refractivity contribution in [2.45, 2.75) is 419 Å². The van der Waals surface area contributed by atoms with Gasteiger partial charge in [0.05, 0.1) is 26.4 Å². The Hall–Kier alpha value is -2.46. The van der Waals surface area contributed by atoms with Crippen LogP contribution in [0.3, 0.4) is 0 Å². The van der Waals surface area contributed by atoms with Crippen LogP contribution >= 0.6 is 15.6 Å². The fraction of sp³-hybridized carbons (Fsp3) is 0.901. The quantitative estimate of drug-likeness (QED) is 0.0169. The molecule has 3 unspecified atom stereocenters. The minimum absolute atomic E-state index is 0.101. The Labute approximate surface area is 612 Å². The van der Waals surface area contributed by atoms with Gasteiger partial charge in [-0.05, 0) is 63.2 Å². The summed E-state index contributed by atoms with van der Waals surface area (Å²) in [6.07, 6.45) is 64.6. The van der Waals surface area contributed by atoms with Crippen molar-refractivity contribution >= 4 is 39.5 Å². The molecule has 0 bridgehead atoms. The molecule has 0 fully saturated rings. The molecule has 0 aromatic heterocycles. The summed E-state index contributed by atoms with van der Waals surface area (Å²) in [5.74, 6) is -0.554. The van der Waals surface area contributed by atoms with Crippen LogP contribution in [0.1, 0.15) is 401 Å².